The lowest BCUT2D eigenvalue weighted by Gasteiger charge is -2.44. The van der Waals surface area contributed by atoms with Crippen LogP contribution in [0.5, 0.6) is 0 Å². The summed E-state index contributed by atoms with van der Waals surface area (Å²) in [5, 5.41) is 15.5. The zero-order valence-corrected chi connectivity index (χ0v) is 9.25. The van der Waals surface area contributed by atoms with Crippen molar-refractivity contribution in [3.63, 3.8) is 0 Å². The molecule has 1 saturated heterocycles. The predicted molar refractivity (Wildman–Crippen MR) is 57.8 cm³/mol. The van der Waals surface area contributed by atoms with Gasteiger partial charge in [0.25, 0.3) is 0 Å². The summed E-state index contributed by atoms with van der Waals surface area (Å²) in [6.07, 6.45) is 4.14. The number of rotatable bonds is 6. The van der Waals surface area contributed by atoms with Crippen molar-refractivity contribution in [2.75, 3.05) is 13.1 Å². The first-order valence-corrected chi connectivity index (χ1v) is 5.80. The standard InChI is InChI=1S/C11H20N2O2/c1-8(4-9-2-3-9)13-11(5-10(14)15)6-12-7-11/h8-9,12-13H,2-7H2,1H3,(H,14,15). The summed E-state index contributed by atoms with van der Waals surface area (Å²) in [5.41, 5.74) is -0.180. The van der Waals surface area contributed by atoms with E-state index in [-0.39, 0.29) is 12.0 Å². The highest BCUT2D eigenvalue weighted by molar-refractivity contribution is 5.68. The number of aliphatic carboxylic acids is 1. The average Bonchev–Trinajstić information content (AvgIpc) is 2.83. The minimum absolute atomic E-state index is 0.180. The number of carboxylic acid groups (broad SMARTS) is 1. The van der Waals surface area contributed by atoms with Crippen molar-refractivity contribution in [3.8, 4) is 0 Å². The van der Waals surface area contributed by atoms with E-state index in [9.17, 15) is 4.79 Å². The van der Waals surface area contributed by atoms with Crippen LogP contribution < -0.4 is 10.6 Å². The molecule has 1 aliphatic heterocycles. The van der Waals surface area contributed by atoms with Gasteiger partial charge in [-0.2, -0.15) is 0 Å². The molecule has 86 valence electrons. The summed E-state index contributed by atoms with van der Waals surface area (Å²) in [6, 6.07) is 0.443. The van der Waals surface area contributed by atoms with Gasteiger partial charge in [-0.25, -0.2) is 0 Å². The number of hydrogen-bond acceptors (Lipinski definition) is 3. The van der Waals surface area contributed by atoms with Gasteiger partial charge >= 0.3 is 5.97 Å². The SMILES string of the molecule is CC(CC1CC1)NC1(CC(=O)O)CNC1. The molecular formula is C11H20N2O2. The third-order valence-corrected chi connectivity index (χ3v) is 3.35. The van der Waals surface area contributed by atoms with Crippen LogP contribution in [-0.2, 0) is 4.79 Å². The molecule has 1 atom stereocenters. The first kappa shape index (κ1) is 10.9. The molecular weight excluding hydrogens is 192 g/mol. The maximum absolute atomic E-state index is 10.8. The van der Waals surface area contributed by atoms with Gasteiger partial charge < -0.3 is 15.7 Å². The largest absolute Gasteiger partial charge is 0.481 e. The van der Waals surface area contributed by atoms with Gasteiger partial charge in [0.05, 0.1) is 12.0 Å². The highest BCUT2D eigenvalue weighted by atomic mass is 16.4. The number of nitrogens with one attached hydrogen (secondary N) is 2. The number of hydrogen-bond donors (Lipinski definition) is 3. The van der Waals surface area contributed by atoms with Gasteiger partial charge in [-0.1, -0.05) is 12.8 Å². The molecule has 2 aliphatic rings. The molecule has 3 N–H and O–H groups in total. The first-order chi connectivity index (χ1) is 7.10. The van der Waals surface area contributed by atoms with Crippen LogP contribution in [0.25, 0.3) is 0 Å². The van der Waals surface area contributed by atoms with Gasteiger partial charge in [-0.15, -0.1) is 0 Å². The van der Waals surface area contributed by atoms with Crippen LogP contribution in [0, 0.1) is 5.92 Å². The third kappa shape index (κ3) is 2.92. The molecule has 0 bridgehead atoms. The predicted octanol–water partition coefficient (Wildman–Crippen LogP) is 0.581. The topological polar surface area (TPSA) is 61.4 Å². The Morgan fingerprint density at radius 1 is 1.60 bits per heavy atom. The Balaban J connectivity index is 1.80. The van der Waals surface area contributed by atoms with Crippen LogP contribution in [0.3, 0.4) is 0 Å². The Kier molecular flexibility index (Phi) is 2.98. The highest BCUT2D eigenvalue weighted by Gasteiger charge is 2.40. The molecule has 4 nitrogen and oxygen atoms in total. The van der Waals surface area contributed by atoms with E-state index in [0.29, 0.717) is 6.04 Å². The molecule has 15 heavy (non-hydrogen) atoms. The lowest BCUT2D eigenvalue weighted by Crippen LogP contribution is -2.70. The maximum atomic E-state index is 10.8. The van der Waals surface area contributed by atoms with Gasteiger partial charge in [0.1, 0.15) is 0 Å². The van der Waals surface area contributed by atoms with Crippen molar-refractivity contribution in [1.82, 2.24) is 10.6 Å². The molecule has 1 heterocycles. The van der Waals surface area contributed by atoms with Crippen LogP contribution in [0.2, 0.25) is 0 Å². The second kappa shape index (κ2) is 4.10. The van der Waals surface area contributed by atoms with Crippen molar-refractivity contribution >= 4 is 5.97 Å². The third-order valence-electron chi connectivity index (χ3n) is 3.35. The quantitative estimate of drug-likeness (QED) is 0.603. The lowest BCUT2D eigenvalue weighted by molar-refractivity contribution is -0.139. The minimum atomic E-state index is -0.706. The van der Waals surface area contributed by atoms with E-state index in [0.717, 1.165) is 19.0 Å². The Bertz CT molecular complexity index is 247. The van der Waals surface area contributed by atoms with Gasteiger partial charge in [0.2, 0.25) is 0 Å². The summed E-state index contributed by atoms with van der Waals surface area (Å²) in [4.78, 5) is 10.8. The second-order valence-corrected chi connectivity index (χ2v) is 5.18. The summed E-state index contributed by atoms with van der Waals surface area (Å²) in [5.74, 6) is 0.185. The van der Waals surface area contributed by atoms with Gasteiger partial charge in [0.15, 0.2) is 0 Å². The molecule has 1 unspecified atom stereocenters. The van der Waals surface area contributed by atoms with Crippen molar-refractivity contribution in [2.24, 2.45) is 5.92 Å². The van der Waals surface area contributed by atoms with E-state index in [4.69, 9.17) is 5.11 Å². The summed E-state index contributed by atoms with van der Waals surface area (Å²) < 4.78 is 0. The minimum Gasteiger partial charge on any atom is -0.481 e. The Morgan fingerprint density at radius 2 is 2.27 bits per heavy atom. The van der Waals surface area contributed by atoms with E-state index in [2.05, 4.69) is 17.6 Å². The van der Waals surface area contributed by atoms with Crippen molar-refractivity contribution in [2.45, 2.75) is 44.2 Å². The normalized spacial score (nSPS) is 25.7. The fourth-order valence-corrected chi connectivity index (χ4v) is 2.43. The molecule has 0 amide bonds. The summed E-state index contributed by atoms with van der Waals surface area (Å²) >= 11 is 0. The summed E-state index contributed by atoms with van der Waals surface area (Å²) in [7, 11) is 0. The maximum Gasteiger partial charge on any atom is 0.305 e. The zero-order valence-electron chi connectivity index (χ0n) is 9.25. The van der Waals surface area contributed by atoms with E-state index in [1.807, 2.05) is 0 Å². The zero-order chi connectivity index (χ0) is 10.9. The fourth-order valence-electron chi connectivity index (χ4n) is 2.43. The molecule has 4 heteroatoms. The van der Waals surface area contributed by atoms with Crippen molar-refractivity contribution in [3.05, 3.63) is 0 Å². The molecule has 0 aromatic heterocycles. The Labute approximate surface area is 90.4 Å². The molecule has 0 aromatic rings. The molecule has 0 radical (unpaired) electrons. The number of carboxylic acids is 1. The number of carbonyl (C=O) groups is 1. The summed E-state index contributed by atoms with van der Waals surface area (Å²) in [6.45, 7) is 3.74. The van der Waals surface area contributed by atoms with Gasteiger partial charge in [0, 0.05) is 19.1 Å². The second-order valence-electron chi connectivity index (χ2n) is 5.18. The molecule has 1 saturated carbocycles. The smallest absolute Gasteiger partial charge is 0.305 e. The Hall–Kier alpha value is -0.610. The van der Waals surface area contributed by atoms with Crippen LogP contribution in [-0.4, -0.2) is 35.7 Å². The first-order valence-electron chi connectivity index (χ1n) is 5.80. The lowest BCUT2D eigenvalue weighted by atomic mass is 9.87. The van der Waals surface area contributed by atoms with Gasteiger partial charge in [-0.3, -0.25) is 4.79 Å². The Morgan fingerprint density at radius 3 is 2.67 bits per heavy atom. The molecule has 2 rings (SSSR count). The van der Waals surface area contributed by atoms with Crippen molar-refractivity contribution < 1.29 is 9.90 Å². The van der Waals surface area contributed by atoms with Crippen molar-refractivity contribution in [1.29, 1.82) is 0 Å². The van der Waals surface area contributed by atoms with Crippen LogP contribution >= 0.6 is 0 Å². The van der Waals surface area contributed by atoms with E-state index >= 15 is 0 Å². The van der Waals surface area contributed by atoms with E-state index in [1.165, 1.54) is 19.3 Å². The molecule has 0 aromatic carbocycles. The van der Waals surface area contributed by atoms with E-state index in [1.54, 1.807) is 0 Å². The monoisotopic (exact) mass is 212 g/mol. The van der Waals surface area contributed by atoms with Crippen LogP contribution in [0.1, 0.15) is 32.6 Å². The van der Waals surface area contributed by atoms with Gasteiger partial charge in [-0.05, 0) is 19.3 Å². The highest BCUT2D eigenvalue weighted by Crippen LogP contribution is 2.34. The van der Waals surface area contributed by atoms with Crippen LogP contribution in [0.15, 0.2) is 0 Å². The molecule has 0 spiro atoms. The molecule has 1 aliphatic carbocycles. The molecule has 2 fully saturated rings. The van der Waals surface area contributed by atoms with E-state index < -0.39 is 5.97 Å². The average molecular weight is 212 g/mol. The van der Waals surface area contributed by atoms with Crippen LogP contribution in [0.4, 0.5) is 0 Å². The fraction of sp³-hybridized carbons (Fsp3) is 0.909.